The lowest BCUT2D eigenvalue weighted by atomic mass is 10.2. The number of aromatic nitrogens is 1. The van der Waals surface area contributed by atoms with Crippen molar-refractivity contribution in [1.82, 2.24) is 10.3 Å². The summed E-state index contributed by atoms with van der Waals surface area (Å²) in [7, 11) is 0. The molecule has 26 heavy (non-hydrogen) atoms. The zero-order valence-electron chi connectivity index (χ0n) is 13.3. The van der Waals surface area contributed by atoms with E-state index in [-0.39, 0.29) is 17.9 Å². The van der Waals surface area contributed by atoms with Gasteiger partial charge in [-0.05, 0) is 24.3 Å². The van der Waals surface area contributed by atoms with Crippen molar-refractivity contribution < 1.29 is 22.7 Å². The van der Waals surface area contributed by atoms with Gasteiger partial charge in [-0.25, -0.2) is 4.98 Å². The number of nitrogens with zero attached hydrogens (tertiary/aromatic N) is 1. The minimum atomic E-state index is -4.76. The van der Waals surface area contributed by atoms with Gasteiger partial charge in [0.2, 0.25) is 0 Å². The zero-order valence-corrected chi connectivity index (χ0v) is 14.1. The first kappa shape index (κ1) is 17.9. The van der Waals surface area contributed by atoms with Crippen LogP contribution in [-0.4, -0.2) is 17.3 Å². The van der Waals surface area contributed by atoms with Crippen LogP contribution in [0.4, 0.5) is 13.2 Å². The average Bonchev–Trinajstić information content (AvgIpc) is 3.09. The standard InChI is InChI=1S/C18H13F3N2O2S/c19-18(20,21)25-14-8-6-13(7-9-14)17(24)22-10-16-23-15(11-26-16)12-4-2-1-3-5-12/h1-9,11H,10H2,(H,22,24). The highest BCUT2D eigenvalue weighted by atomic mass is 32.1. The molecule has 1 N–H and O–H groups in total. The maximum Gasteiger partial charge on any atom is 0.573 e. The SMILES string of the molecule is O=C(NCc1nc(-c2ccccc2)cs1)c1ccc(OC(F)(F)F)cc1. The van der Waals surface area contributed by atoms with Gasteiger partial charge < -0.3 is 10.1 Å². The Kier molecular flexibility index (Phi) is 5.22. The van der Waals surface area contributed by atoms with Gasteiger partial charge in [0.05, 0.1) is 12.2 Å². The number of ether oxygens (including phenoxy) is 1. The first-order chi connectivity index (χ1) is 12.4. The second-order valence-corrected chi connectivity index (χ2v) is 6.19. The molecule has 2 aromatic carbocycles. The van der Waals surface area contributed by atoms with Crippen molar-refractivity contribution in [2.45, 2.75) is 12.9 Å². The molecule has 0 aliphatic rings. The summed E-state index contributed by atoms with van der Waals surface area (Å²) in [5.74, 6) is -0.776. The molecule has 3 rings (SSSR count). The van der Waals surface area contributed by atoms with Crippen LogP contribution < -0.4 is 10.1 Å². The Labute approximate surface area is 151 Å². The van der Waals surface area contributed by atoms with E-state index in [2.05, 4.69) is 15.0 Å². The molecule has 3 aromatic rings. The molecule has 0 saturated heterocycles. The molecule has 0 radical (unpaired) electrons. The summed E-state index contributed by atoms with van der Waals surface area (Å²) in [5.41, 5.74) is 2.05. The van der Waals surface area contributed by atoms with Gasteiger partial charge in [-0.1, -0.05) is 30.3 Å². The molecule has 0 spiro atoms. The number of rotatable bonds is 5. The Morgan fingerprint density at radius 1 is 1.08 bits per heavy atom. The fraction of sp³-hybridized carbons (Fsp3) is 0.111. The lowest BCUT2D eigenvalue weighted by Gasteiger charge is -2.09. The Morgan fingerprint density at radius 3 is 2.42 bits per heavy atom. The van der Waals surface area contributed by atoms with Crippen LogP contribution in [0.5, 0.6) is 5.75 Å². The summed E-state index contributed by atoms with van der Waals surface area (Å²) < 4.78 is 40.1. The van der Waals surface area contributed by atoms with E-state index in [0.29, 0.717) is 0 Å². The van der Waals surface area contributed by atoms with Crippen molar-refractivity contribution in [3.05, 3.63) is 70.5 Å². The maximum atomic E-state index is 12.1. The van der Waals surface area contributed by atoms with Gasteiger partial charge in [0.1, 0.15) is 10.8 Å². The number of halogens is 3. The predicted molar refractivity (Wildman–Crippen MR) is 91.8 cm³/mol. The van der Waals surface area contributed by atoms with Crippen molar-refractivity contribution in [3.63, 3.8) is 0 Å². The minimum absolute atomic E-state index is 0.233. The van der Waals surface area contributed by atoms with E-state index in [4.69, 9.17) is 0 Å². The lowest BCUT2D eigenvalue weighted by molar-refractivity contribution is -0.274. The van der Waals surface area contributed by atoms with E-state index in [9.17, 15) is 18.0 Å². The molecule has 0 saturated carbocycles. The lowest BCUT2D eigenvalue weighted by Crippen LogP contribution is -2.22. The fourth-order valence-electron chi connectivity index (χ4n) is 2.20. The third kappa shape index (κ3) is 4.82. The molecule has 134 valence electrons. The molecular weight excluding hydrogens is 365 g/mol. The number of carbonyl (C=O) groups excluding carboxylic acids is 1. The molecule has 1 heterocycles. The Balaban J connectivity index is 1.58. The Hall–Kier alpha value is -2.87. The topological polar surface area (TPSA) is 51.2 Å². The first-order valence-corrected chi connectivity index (χ1v) is 8.42. The highest BCUT2D eigenvalue weighted by Crippen LogP contribution is 2.23. The van der Waals surface area contributed by atoms with E-state index in [1.54, 1.807) is 0 Å². The zero-order chi connectivity index (χ0) is 18.6. The molecular formula is C18H13F3N2O2S. The summed E-state index contributed by atoms with van der Waals surface area (Å²) in [6.07, 6.45) is -4.76. The Bertz CT molecular complexity index is 877. The van der Waals surface area contributed by atoms with Gasteiger partial charge in [0, 0.05) is 16.5 Å². The summed E-state index contributed by atoms with van der Waals surface area (Å²) in [6.45, 7) is 0.233. The number of amides is 1. The predicted octanol–water partition coefficient (Wildman–Crippen LogP) is 4.64. The molecule has 0 bridgehead atoms. The number of nitrogens with one attached hydrogen (secondary N) is 1. The third-order valence-corrected chi connectivity index (χ3v) is 4.22. The molecule has 0 aliphatic heterocycles. The van der Waals surface area contributed by atoms with Crippen LogP contribution in [0.3, 0.4) is 0 Å². The highest BCUT2D eigenvalue weighted by molar-refractivity contribution is 7.09. The summed E-state index contributed by atoms with van der Waals surface area (Å²) >= 11 is 1.42. The highest BCUT2D eigenvalue weighted by Gasteiger charge is 2.31. The number of alkyl halides is 3. The number of hydrogen-bond donors (Lipinski definition) is 1. The molecule has 0 fully saturated rings. The fourth-order valence-corrected chi connectivity index (χ4v) is 2.94. The van der Waals surface area contributed by atoms with Crippen molar-refractivity contribution in [2.24, 2.45) is 0 Å². The van der Waals surface area contributed by atoms with E-state index in [1.807, 2.05) is 35.7 Å². The van der Waals surface area contributed by atoms with E-state index >= 15 is 0 Å². The second-order valence-electron chi connectivity index (χ2n) is 5.25. The van der Waals surface area contributed by atoms with Gasteiger partial charge in [-0.2, -0.15) is 0 Å². The molecule has 1 aromatic heterocycles. The maximum absolute atomic E-state index is 12.1. The van der Waals surface area contributed by atoms with Crippen LogP contribution in [0.25, 0.3) is 11.3 Å². The Morgan fingerprint density at radius 2 is 1.77 bits per heavy atom. The number of thiazole rings is 1. The van der Waals surface area contributed by atoms with Crippen LogP contribution in [0.15, 0.2) is 60.0 Å². The number of benzene rings is 2. The van der Waals surface area contributed by atoms with Crippen LogP contribution in [0.2, 0.25) is 0 Å². The minimum Gasteiger partial charge on any atom is -0.406 e. The molecule has 0 unspecified atom stereocenters. The van der Waals surface area contributed by atoms with Crippen molar-refractivity contribution in [3.8, 4) is 17.0 Å². The number of hydrogen-bond acceptors (Lipinski definition) is 4. The molecule has 0 atom stereocenters. The van der Waals surface area contributed by atoms with Crippen molar-refractivity contribution in [2.75, 3.05) is 0 Å². The second kappa shape index (κ2) is 7.57. The van der Waals surface area contributed by atoms with E-state index in [1.165, 1.54) is 23.5 Å². The quantitative estimate of drug-likeness (QED) is 0.704. The van der Waals surface area contributed by atoms with Gasteiger partial charge in [-0.15, -0.1) is 24.5 Å². The average molecular weight is 378 g/mol. The smallest absolute Gasteiger partial charge is 0.406 e. The normalized spacial score (nSPS) is 11.2. The van der Waals surface area contributed by atoms with Crippen molar-refractivity contribution in [1.29, 1.82) is 0 Å². The molecule has 4 nitrogen and oxygen atoms in total. The van der Waals surface area contributed by atoms with Gasteiger partial charge in [-0.3, -0.25) is 4.79 Å². The van der Waals surface area contributed by atoms with Crippen LogP contribution in [0.1, 0.15) is 15.4 Å². The molecule has 8 heteroatoms. The van der Waals surface area contributed by atoms with Crippen molar-refractivity contribution >= 4 is 17.2 Å². The van der Waals surface area contributed by atoms with Gasteiger partial charge in [0.25, 0.3) is 5.91 Å². The summed E-state index contributed by atoms with van der Waals surface area (Å²) in [6, 6.07) is 14.4. The van der Waals surface area contributed by atoms with Gasteiger partial charge >= 0.3 is 6.36 Å². The monoisotopic (exact) mass is 378 g/mol. The van der Waals surface area contributed by atoms with E-state index in [0.717, 1.165) is 28.4 Å². The largest absolute Gasteiger partial charge is 0.573 e. The van der Waals surface area contributed by atoms with E-state index < -0.39 is 12.3 Å². The molecule has 1 amide bonds. The van der Waals surface area contributed by atoms with Crippen LogP contribution in [-0.2, 0) is 6.54 Å². The van der Waals surface area contributed by atoms with Gasteiger partial charge in [0.15, 0.2) is 0 Å². The third-order valence-electron chi connectivity index (χ3n) is 3.37. The van der Waals surface area contributed by atoms with Crippen LogP contribution >= 0.6 is 11.3 Å². The first-order valence-electron chi connectivity index (χ1n) is 7.54. The van der Waals surface area contributed by atoms with Crippen LogP contribution in [0, 0.1) is 0 Å². The summed E-state index contributed by atoms with van der Waals surface area (Å²) in [4.78, 5) is 16.6. The number of carbonyl (C=O) groups is 1. The molecule has 0 aliphatic carbocycles. The summed E-state index contributed by atoms with van der Waals surface area (Å²) in [5, 5.41) is 5.33.